The van der Waals surface area contributed by atoms with E-state index < -0.39 is 29.1 Å². The highest BCUT2D eigenvalue weighted by molar-refractivity contribution is 5.94. The summed E-state index contributed by atoms with van der Waals surface area (Å²) in [6.07, 6.45) is 3.55. The molecule has 30 heavy (non-hydrogen) atoms. The van der Waals surface area contributed by atoms with Gasteiger partial charge in [0.05, 0.1) is 5.69 Å². The third-order valence-corrected chi connectivity index (χ3v) is 5.28. The van der Waals surface area contributed by atoms with Gasteiger partial charge in [0, 0.05) is 47.2 Å². The van der Waals surface area contributed by atoms with Gasteiger partial charge in [0.2, 0.25) is 11.9 Å². The van der Waals surface area contributed by atoms with Crippen LogP contribution in [0.2, 0.25) is 0 Å². The van der Waals surface area contributed by atoms with Gasteiger partial charge in [0.1, 0.15) is 17.8 Å². The van der Waals surface area contributed by atoms with E-state index in [1.165, 1.54) is 42.9 Å². The molecule has 2 heterocycles. The SMILES string of the molecule is NC(=O)c1ccc(F)c(-c2cnc(NCC3(c4ncccc4F)CC(F)C3)nc2)c1. The minimum Gasteiger partial charge on any atom is -0.366 e. The minimum absolute atomic E-state index is 0.143. The van der Waals surface area contributed by atoms with Crippen molar-refractivity contribution in [2.75, 3.05) is 11.9 Å². The molecule has 1 fully saturated rings. The van der Waals surface area contributed by atoms with E-state index in [4.69, 9.17) is 5.73 Å². The number of hydrogen-bond donors (Lipinski definition) is 2. The molecule has 0 saturated heterocycles. The smallest absolute Gasteiger partial charge is 0.248 e. The molecule has 0 atom stereocenters. The number of aromatic nitrogens is 3. The Hall–Kier alpha value is -3.49. The van der Waals surface area contributed by atoms with Gasteiger partial charge < -0.3 is 11.1 Å². The summed E-state index contributed by atoms with van der Waals surface area (Å²) in [5, 5.41) is 2.99. The Kier molecular flexibility index (Phi) is 5.11. The van der Waals surface area contributed by atoms with Crippen molar-refractivity contribution in [2.24, 2.45) is 5.73 Å². The summed E-state index contributed by atoms with van der Waals surface area (Å²) in [6, 6.07) is 6.56. The maximum Gasteiger partial charge on any atom is 0.248 e. The summed E-state index contributed by atoms with van der Waals surface area (Å²) in [5.74, 6) is -1.47. The number of alkyl halides is 1. The molecule has 3 aromatic rings. The third-order valence-electron chi connectivity index (χ3n) is 5.28. The molecule has 1 aromatic carbocycles. The molecule has 1 saturated carbocycles. The van der Waals surface area contributed by atoms with Crippen LogP contribution in [0.1, 0.15) is 28.9 Å². The van der Waals surface area contributed by atoms with Crippen molar-refractivity contribution in [2.45, 2.75) is 24.4 Å². The number of rotatable bonds is 6. The summed E-state index contributed by atoms with van der Waals surface area (Å²) in [7, 11) is 0. The zero-order valence-electron chi connectivity index (χ0n) is 15.8. The van der Waals surface area contributed by atoms with Crippen LogP contribution in [0.4, 0.5) is 19.1 Å². The Morgan fingerprint density at radius 3 is 2.50 bits per heavy atom. The highest BCUT2D eigenvalue weighted by Gasteiger charge is 2.48. The first-order valence-electron chi connectivity index (χ1n) is 9.29. The molecule has 154 valence electrons. The fourth-order valence-electron chi connectivity index (χ4n) is 3.69. The quantitative estimate of drug-likeness (QED) is 0.646. The largest absolute Gasteiger partial charge is 0.366 e. The van der Waals surface area contributed by atoms with Crippen molar-refractivity contribution in [3.63, 3.8) is 0 Å². The molecule has 6 nitrogen and oxygen atoms in total. The van der Waals surface area contributed by atoms with E-state index in [0.29, 0.717) is 5.56 Å². The first kappa shape index (κ1) is 19.8. The van der Waals surface area contributed by atoms with E-state index in [0.717, 1.165) is 6.07 Å². The van der Waals surface area contributed by atoms with Crippen LogP contribution in [0.25, 0.3) is 11.1 Å². The standard InChI is InChI=1S/C21H18F3N5O/c22-14-7-21(8-14,18-17(24)2-1-5-26-18)11-29-20-27-9-13(10-28-20)15-6-12(19(25)30)3-4-16(15)23/h1-6,9-10,14H,7-8,11H2,(H2,25,30)(H,27,28,29). The number of carbonyl (C=O) groups excluding carboxylic acids is 1. The number of nitrogens with one attached hydrogen (secondary N) is 1. The van der Waals surface area contributed by atoms with E-state index in [-0.39, 0.29) is 42.2 Å². The Labute approximate surface area is 170 Å². The fourth-order valence-corrected chi connectivity index (χ4v) is 3.69. The predicted molar refractivity (Wildman–Crippen MR) is 104 cm³/mol. The van der Waals surface area contributed by atoms with E-state index in [1.54, 1.807) is 0 Å². The second-order valence-electron chi connectivity index (χ2n) is 7.33. The van der Waals surface area contributed by atoms with Gasteiger partial charge in [-0.3, -0.25) is 9.78 Å². The number of benzene rings is 1. The van der Waals surface area contributed by atoms with Crippen molar-refractivity contribution < 1.29 is 18.0 Å². The van der Waals surface area contributed by atoms with Crippen molar-refractivity contribution in [1.29, 1.82) is 0 Å². The average molecular weight is 413 g/mol. The number of pyridine rings is 1. The molecule has 0 spiro atoms. The number of hydrogen-bond acceptors (Lipinski definition) is 5. The monoisotopic (exact) mass is 413 g/mol. The van der Waals surface area contributed by atoms with Crippen LogP contribution in [-0.4, -0.2) is 33.6 Å². The van der Waals surface area contributed by atoms with Gasteiger partial charge in [0.25, 0.3) is 0 Å². The molecule has 0 bridgehead atoms. The zero-order valence-corrected chi connectivity index (χ0v) is 15.8. The van der Waals surface area contributed by atoms with Gasteiger partial charge in [-0.25, -0.2) is 23.1 Å². The topological polar surface area (TPSA) is 93.8 Å². The van der Waals surface area contributed by atoms with E-state index in [9.17, 15) is 18.0 Å². The second kappa shape index (κ2) is 7.74. The van der Waals surface area contributed by atoms with Crippen LogP contribution in [-0.2, 0) is 5.41 Å². The van der Waals surface area contributed by atoms with Gasteiger partial charge in [-0.05, 0) is 43.2 Å². The second-order valence-corrected chi connectivity index (χ2v) is 7.33. The number of halogens is 3. The third kappa shape index (κ3) is 3.70. The first-order chi connectivity index (χ1) is 14.4. The van der Waals surface area contributed by atoms with Gasteiger partial charge in [0.15, 0.2) is 0 Å². The number of nitrogens with two attached hydrogens (primary N) is 1. The molecule has 0 aliphatic heterocycles. The average Bonchev–Trinajstić information content (AvgIpc) is 2.71. The van der Waals surface area contributed by atoms with Crippen molar-refractivity contribution >= 4 is 11.9 Å². The molecule has 9 heteroatoms. The molecule has 2 aromatic heterocycles. The summed E-state index contributed by atoms with van der Waals surface area (Å²) in [4.78, 5) is 23.7. The molecule has 1 aliphatic rings. The predicted octanol–water partition coefficient (Wildman–Crippen LogP) is 3.40. The fraction of sp³-hybridized carbons (Fsp3) is 0.238. The number of nitrogens with zero attached hydrogens (tertiary/aromatic N) is 3. The Balaban J connectivity index is 1.52. The molecule has 1 amide bonds. The molecule has 0 unspecified atom stereocenters. The van der Waals surface area contributed by atoms with Gasteiger partial charge >= 0.3 is 0 Å². The Morgan fingerprint density at radius 2 is 1.87 bits per heavy atom. The van der Waals surface area contributed by atoms with E-state index >= 15 is 0 Å². The lowest BCUT2D eigenvalue weighted by Gasteiger charge is -2.43. The van der Waals surface area contributed by atoms with Crippen molar-refractivity contribution in [3.05, 3.63) is 71.8 Å². The normalized spacial score (nSPS) is 20.4. The summed E-state index contributed by atoms with van der Waals surface area (Å²) < 4.78 is 42.0. The van der Waals surface area contributed by atoms with Crippen LogP contribution in [0.15, 0.2) is 48.9 Å². The lowest BCUT2D eigenvalue weighted by atomic mass is 9.65. The van der Waals surface area contributed by atoms with E-state index in [1.807, 2.05) is 0 Å². The molecular formula is C21H18F3N5O. The van der Waals surface area contributed by atoms with Crippen LogP contribution < -0.4 is 11.1 Å². The van der Waals surface area contributed by atoms with E-state index in [2.05, 4.69) is 20.3 Å². The summed E-state index contributed by atoms with van der Waals surface area (Å²) >= 11 is 0. The lowest BCUT2D eigenvalue weighted by Crippen LogP contribution is -2.49. The van der Waals surface area contributed by atoms with Gasteiger partial charge in [-0.1, -0.05) is 0 Å². The highest BCUT2D eigenvalue weighted by Crippen LogP contribution is 2.45. The number of anilines is 1. The molecule has 4 rings (SSSR count). The van der Waals surface area contributed by atoms with Crippen molar-refractivity contribution in [3.8, 4) is 11.1 Å². The lowest BCUT2D eigenvalue weighted by molar-refractivity contribution is 0.0963. The minimum atomic E-state index is -1.02. The van der Waals surface area contributed by atoms with Gasteiger partial charge in [-0.2, -0.15) is 0 Å². The summed E-state index contributed by atoms with van der Waals surface area (Å²) in [6.45, 7) is 0.201. The number of primary amides is 1. The number of amides is 1. The highest BCUT2D eigenvalue weighted by atomic mass is 19.1. The molecule has 1 aliphatic carbocycles. The first-order valence-corrected chi connectivity index (χ1v) is 9.29. The Bertz CT molecular complexity index is 1080. The maximum absolute atomic E-state index is 14.2. The Morgan fingerprint density at radius 1 is 1.13 bits per heavy atom. The molecule has 0 radical (unpaired) electrons. The molecular weight excluding hydrogens is 395 g/mol. The summed E-state index contributed by atoms with van der Waals surface area (Å²) in [5.41, 5.74) is 5.34. The van der Waals surface area contributed by atoms with Gasteiger partial charge in [-0.15, -0.1) is 0 Å². The van der Waals surface area contributed by atoms with Crippen LogP contribution in [0, 0.1) is 11.6 Å². The number of carbonyl (C=O) groups is 1. The maximum atomic E-state index is 14.2. The van der Waals surface area contributed by atoms with Crippen molar-refractivity contribution in [1.82, 2.24) is 15.0 Å². The molecule has 3 N–H and O–H groups in total. The van der Waals surface area contributed by atoms with Crippen LogP contribution >= 0.6 is 0 Å². The zero-order chi connectivity index (χ0) is 21.3. The van der Waals surface area contributed by atoms with Crippen LogP contribution in [0.5, 0.6) is 0 Å². The van der Waals surface area contributed by atoms with Crippen LogP contribution in [0.3, 0.4) is 0 Å².